The fourth-order valence-electron chi connectivity index (χ4n) is 2.79. The smallest absolute Gasteiger partial charge is 0.248 e. The summed E-state index contributed by atoms with van der Waals surface area (Å²) in [6.45, 7) is 1.89. The number of hydrogen-bond acceptors (Lipinski definition) is 3. The SMILES string of the molecule is Cc1cccc(N(C)C(=O)CN2N=C(c3ccc(Cl)cc3)CCC2=O)c1. The Kier molecular flexibility index (Phi) is 5.38. The molecule has 1 aliphatic heterocycles. The minimum absolute atomic E-state index is 0.0830. The first-order valence-corrected chi connectivity index (χ1v) is 8.79. The van der Waals surface area contributed by atoms with Gasteiger partial charge in [0.05, 0.1) is 5.71 Å². The number of anilines is 1. The van der Waals surface area contributed by atoms with E-state index in [4.69, 9.17) is 11.6 Å². The van der Waals surface area contributed by atoms with Crippen LogP contribution in [0.2, 0.25) is 5.02 Å². The highest BCUT2D eigenvalue weighted by Gasteiger charge is 2.25. The van der Waals surface area contributed by atoms with E-state index >= 15 is 0 Å². The second-order valence-corrected chi connectivity index (χ2v) is 6.73. The van der Waals surface area contributed by atoms with Crippen LogP contribution in [0.3, 0.4) is 0 Å². The molecule has 0 aliphatic carbocycles. The minimum atomic E-state index is -0.190. The molecule has 134 valence electrons. The fourth-order valence-corrected chi connectivity index (χ4v) is 2.91. The second-order valence-electron chi connectivity index (χ2n) is 6.30. The normalized spacial score (nSPS) is 14.2. The molecule has 0 saturated carbocycles. The number of amides is 2. The summed E-state index contributed by atoms with van der Waals surface area (Å²) in [5.41, 5.74) is 3.55. The second kappa shape index (κ2) is 7.70. The van der Waals surface area contributed by atoms with Gasteiger partial charge in [-0.25, -0.2) is 5.01 Å². The molecule has 2 amide bonds. The van der Waals surface area contributed by atoms with Gasteiger partial charge in [-0.2, -0.15) is 5.10 Å². The van der Waals surface area contributed by atoms with E-state index in [0.29, 0.717) is 17.9 Å². The van der Waals surface area contributed by atoms with E-state index in [2.05, 4.69) is 5.10 Å². The maximum Gasteiger partial charge on any atom is 0.248 e. The number of hydrogen-bond donors (Lipinski definition) is 0. The molecular weight excluding hydrogens is 350 g/mol. The summed E-state index contributed by atoms with van der Waals surface area (Å²) in [4.78, 5) is 26.4. The van der Waals surface area contributed by atoms with Gasteiger partial charge in [-0.05, 0) is 42.3 Å². The molecule has 1 heterocycles. The Morgan fingerprint density at radius 2 is 1.92 bits per heavy atom. The lowest BCUT2D eigenvalue weighted by atomic mass is 10.0. The average molecular weight is 370 g/mol. The summed E-state index contributed by atoms with van der Waals surface area (Å²) in [5, 5.41) is 6.32. The molecule has 0 aromatic heterocycles. The minimum Gasteiger partial charge on any atom is -0.314 e. The number of hydrazone groups is 1. The Labute approximate surface area is 157 Å². The van der Waals surface area contributed by atoms with Crippen molar-refractivity contribution in [3.05, 3.63) is 64.7 Å². The van der Waals surface area contributed by atoms with Crippen LogP contribution in [0.15, 0.2) is 53.6 Å². The predicted octanol–water partition coefficient (Wildman–Crippen LogP) is 3.64. The summed E-state index contributed by atoms with van der Waals surface area (Å²) in [6.07, 6.45) is 0.891. The number of carbonyl (C=O) groups excluding carboxylic acids is 2. The van der Waals surface area contributed by atoms with Gasteiger partial charge in [-0.3, -0.25) is 9.59 Å². The molecular formula is C20H20ClN3O2. The molecule has 0 bridgehead atoms. The van der Waals surface area contributed by atoms with Gasteiger partial charge in [-0.1, -0.05) is 35.9 Å². The van der Waals surface area contributed by atoms with E-state index in [-0.39, 0.29) is 18.4 Å². The van der Waals surface area contributed by atoms with Crippen molar-refractivity contribution in [2.45, 2.75) is 19.8 Å². The highest BCUT2D eigenvalue weighted by Crippen LogP contribution is 2.19. The predicted molar refractivity (Wildman–Crippen MR) is 104 cm³/mol. The number of carbonyl (C=O) groups is 2. The van der Waals surface area contributed by atoms with Crippen LogP contribution in [-0.4, -0.2) is 36.1 Å². The first kappa shape index (κ1) is 18.1. The number of likely N-dealkylation sites (N-methyl/N-ethyl adjacent to an activating group) is 1. The van der Waals surface area contributed by atoms with Crippen molar-refractivity contribution in [3.63, 3.8) is 0 Å². The van der Waals surface area contributed by atoms with Crippen molar-refractivity contribution in [1.82, 2.24) is 5.01 Å². The molecule has 1 aliphatic rings. The average Bonchev–Trinajstić information content (AvgIpc) is 2.63. The van der Waals surface area contributed by atoms with Gasteiger partial charge >= 0.3 is 0 Å². The molecule has 0 saturated heterocycles. The molecule has 2 aromatic carbocycles. The molecule has 0 unspecified atom stereocenters. The lowest BCUT2D eigenvalue weighted by Gasteiger charge is -2.26. The number of benzene rings is 2. The molecule has 0 fully saturated rings. The number of nitrogens with zero attached hydrogens (tertiary/aromatic N) is 3. The maximum absolute atomic E-state index is 12.6. The van der Waals surface area contributed by atoms with E-state index in [1.54, 1.807) is 24.1 Å². The van der Waals surface area contributed by atoms with E-state index in [9.17, 15) is 9.59 Å². The molecule has 0 N–H and O–H groups in total. The van der Waals surface area contributed by atoms with Crippen molar-refractivity contribution in [2.24, 2.45) is 5.10 Å². The molecule has 6 heteroatoms. The van der Waals surface area contributed by atoms with Gasteiger partial charge in [0.2, 0.25) is 11.8 Å². The van der Waals surface area contributed by atoms with E-state index in [1.165, 1.54) is 5.01 Å². The first-order valence-electron chi connectivity index (χ1n) is 8.41. The van der Waals surface area contributed by atoms with Crippen LogP contribution in [0.1, 0.15) is 24.0 Å². The van der Waals surface area contributed by atoms with Crippen LogP contribution in [0.5, 0.6) is 0 Å². The lowest BCUT2D eigenvalue weighted by molar-refractivity contribution is -0.135. The standard InChI is InChI=1S/C20H20ClN3O2/c1-14-4-3-5-17(12-14)23(2)20(26)13-24-19(25)11-10-18(22-24)15-6-8-16(21)9-7-15/h3-9,12H,10-11,13H2,1-2H3. The quantitative estimate of drug-likeness (QED) is 0.826. The third-order valence-electron chi connectivity index (χ3n) is 4.33. The van der Waals surface area contributed by atoms with Crippen molar-refractivity contribution >= 4 is 34.8 Å². The Morgan fingerprint density at radius 3 is 2.62 bits per heavy atom. The Bertz CT molecular complexity index is 862. The van der Waals surface area contributed by atoms with Crippen LogP contribution in [0.25, 0.3) is 0 Å². The maximum atomic E-state index is 12.6. The van der Waals surface area contributed by atoms with Crippen molar-refractivity contribution < 1.29 is 9.59 Å². The molecule has 0 atom stereocenters. The van der Waals surface area contributed by atoms with Gasteiger partial charge in [0, 0.05) is 30.6 Å². The van der Waals surface area contributed by atoms with Crippen LogP contribution < -0.4 is 4.90 Å². The number of aryl methyl sites for hydroxylation is 1. The highest BCUT2D eigenvalue weighted by atomic mass is 35.5. The zero-order chi connectivity index (χ0) is 18.7. The topological polar surface area (TPSA) is 53.0 Å². The van der Waals surface area contributed by atoms with Gasteiger partial charge in [0.15, 0.2) is 0 Å². The first-order chi connectivity index (χ1) is 12.4. The molecule has 5 nitrogen and oxygen atoms in total. The summed E-state index contributed by atoms with van der Waals surface area (Å²) in [7, 11) is 1.70. The van der Waals surface area contributed by atoms with E-state index in [1.807, 2.05) is 43.3 Å². The van der Waals surface area contributed by atoms with Crippen LogP contribution in [-0.2, 0) is 9.59 Å². The molecule has 2 aromatic rings. The number of halogens is 1. The van der Waals surface area contributed by atoms with Crippen molar-refractivity contribution in [3.8, 4) is 0 Å². The largest absolute Gasteiger partial charge is 0.314 e. The molecule has 0 spiro atoms. The van der Waals surface area contributed by atoms with Crippen molar-refractivity contribution in [2.75, 3.05) is 18.5 Å². The van der Waals surface area contributed by atoms with Crippen molar-refractivity contribution in [1.29, 1.82) is 0 Å². The fraction of sp³-hybridized carbons (Fsp3) is 0.250. The zero-order valence-corrected chi connectivity index (χ0v) is 15.5. The Balaban J connectivity index is 1.76. The highest BCUT2D eigenvalue weighted by molar-refractivity contribution is 6.30. The number of rotatable bonds is 4. The van der Waals surface area contributed by atoms with Crippen LogP contribution in [0, 0.1) is 6.92 Å². The monoisotopic (exact) mass is 369 g/mol. The van der Waals surface area contributed by atoms with Gasteiger partial charge in [0.1, 0.15) is 6.54 Å². The molecule has 3 rings (SSSR count). The van der Waals surface area contributed by atoms with Gasteiger partial charge in [0.25, 0.3) is 0 Å². The van der Waals surface area contributed by atoms with E-state index < -0.39 is 0 Å². The molecule has 26 heavy (non-hydrogen) atoms. The van der Waals surface area contributed by atoms with Crippen LogP contribution in [0.4, 0.5) is 5.69 Å². The lowest BCUT2D eigenvalue weighted by Crippen LogP contribution is -2.41. The summed E-state index contributed by atoms with van der Waals surface area (Å²) in [5.74, 6) is -0.334. The van der Waals surface area contributed by atoms with E-state index in [0.717, 1.165) is 22.5 Å². The third-order valence-corrected chi connectivity index (χ3v) is 4.58. The summed E-state index contributed by atoms with van der Waals surface area (Å²) in [6, 6.07) is 15.0. The van der Waals surface area contributed by atoms with Gasteiger partial charge < -0.3 is 4.90 Å². The summed E-state index contributed by atoms with van der Waals surface area (Å²) >= 11 is 5.92. The van der Waals surface area contributed by atoms with Crippen LogP contribution >= 0.6 is 11.6 Å². The zero-order valence-electron chi connectivity index (χ0n) is 14.8. The molecule has 0 radical (unpaired) electrons. The third kappa shape index (κ3) is 4.11. The summed E-state index contributed by atoms with van der Waals surface area (Å²) < 4.78 is 0. The Morgan fingerprint density at radius 1 is 1.19 bits per heavy atom. The van der Waals surface area contributed by atoms with Gasteiger partial charge in [-0.15, -0.1) is 0 Å². The Hall–Kier alpha value is -2.66.